The number of methoxy groups -OCH3 is 1. The van der Waals surface area contributed by atoms with Gasteiger partial charge in [0.25, 0.3) is 0 Å². The van der Waals surface area contributed by atoms with Crippen LogP contribution in [-0.4, -0.2) is 43.8 Å². The molecule has 0 radical (unpaired) electrons. The van der Waals surface area contributed by atoms with E-state index in [1.54, 1.807) is 25.6 Å². The fourth-order valence-corrected chi connectivity index (χ4v) is 6.76. The van der Waals surface area contributed by atoms with Crippen molar-refractivity contribution in [1.29, 1.82) is 0 Å². The van der Waals surface area contributed by atoms with Gasteiger partial charge in [0, 0.05) is 37.9 Å². The zero-order valence-electron chi connectivity index (χ0n) is 16.2. The van der Waals surface area contributed by atoms with E-state index >= 15 is 0 Å². The van der Waals surface area contributed by atoms with E-state index in [0.29, 0.717) is 11.4 Å². The van der Waals surface area contributed by atoms with Gasteiger partial charge in [-0.15, -0.1) is 0 Å². The van der Waals surface area contributed by atoms with Crippen molar-refractivity contribution in [3.8, 4) is 16.9 Å². The third kappa shape index (κ3) is 3.12. The third-order valence-electron chi connectivity index (χ3n) is 6.04. The Morgan fingerprint density at radius 1 is 1.00 bits per heavy atom. The molecule has 148 valence electrons. The molecule has 6 heteroatoms. The molecular formula is C23H22N2O3S. The lowest BCUT2D eigenvalue weighted by Crippen LogP contribution is -2.25. The maximum atomic E-state index is 13.1. The van der Waals surface area contributed by atoms with E-state index in [2.05, 4.69) is 16.0 Å². The van der Waals surface area contributed by atoms with Crippen molar-refractivity contribution in [3.63, 3.8) is 0 Å². The van der Waals surface area contributed by atoms with Crippen molar-refractivity contribution in [1.82, 2.24) is 9.88 Å². The molecule has 2 aromatic carbocycles. The number of pyridine rings is 1. The fourth-order valence-electron chi connectivity index (χ4n) is 4.57. The van der Waals surface area contributed by atoms with Gasteiger partial charge in [0.05, 0.1) is 17.3 Å². The highest BCUT2D eigenvalue weighted by molar-refractivity contribution is 7.92. The molecule has 0 N–H and O–H groups in total. The number of sulfone groups is 1. The summed E-state index contributed by atoms with van der Waals surface area (Å²) in [5.74, 6) is 0.849. The van der Waals surface area contributed by atoms with Gasteiger partial charge >= 0.3 is 0 Å². The molecule has 2 atom stereocenters. The number of ether oxygens (including phenoxy) is 1. The van der Waals surface area contributed by atoms with Crippen molar-refractivity contribution in [2.24, 2.45) is 0 Å². The first-order chi connectivity index (χ1) is 14.1. The van der Waals surface area contributed by atoms with Crippen LogP contribution >= 0.6 is 0 Å². The highest BCUT2D eigenvalue weighted by Gasteiger charge is 2.50. The minimum absolute atomic E-state index is 0.0232. The zero-order valence-corrected chi connectivity index (χ0v) is 17.0. The van der Waals surface area contributed by atoms with Crippen LogP contribution in [0.5, 0.6) is 5.75 Å². The molecule has 5 rings (SSSR count). The lowest BCUT2D eigenvalue weighted by atomic mass is 9.95. The number of rotatable bonds is 4. The van der Waals surface area contributed by atoms with Crippen molar-refractivity contribution in [2.45, 2.75) is 22.6 Å². The standard InChI is InChI=1S/C23H22N2O3S/c1-28-19-5-2-16(3-6-19)13-25-14-21-20-12-18(17-8-10-24-11-9-17)4-7-22(20)29(26,27)23(21)15-25/h2-12,21,23H,13-15H2,1H3/t21-,23+/m0/s1. The van der Waals surface area contributed by atoms with Crippen LogP contribution in [0.3, 0.4) is 0 Å². The highest BCUT2D eigenvalue weighted by Crippen LogP contribution is 2.46. The van der Waals surface area contributed by atoms with Crippen LogP contribution in [0.2, 0.25) is 0 Å². The summed E-state index contributed by atoms with van der Waals surface area (Å²) in [4.78, 5) is 6.83. The topological polar surface area (TPSA) is 59.5 Å². The number of fused-ring (bicyclic) bond motifs is 3. The normalized spacial score (nSPS) is 22.2. The minimum atomic E-state index is -3.29. The van der Waals surface area contributed by atoms with E-state index in [0.717, 1.165) is 41.1 Å². The van der Waals surface area contributed by atoms with E-state index in [1.807, 2.05) is 42.5 Å². The van der Waals surface area contributed by atoms with Gasteiger partial charge in [0.2, 0.25) is 0 Å². The molecule has 3 heterocycles. The van der Waals surface area contributed by atoms with E-state index in [1.165, 1.54) is 0 Å². The Balaban J connectivity index is 1.43. The van der Waals surface area contributed by atoms with Crippen LogP contribution < -0.4 is 4.74 Å². The number of benzene rings is 2. The summed E-state index contributed by atoms with van der Waals surface area (Å²) in [6.07, 6.45) is 3.52. The summed E-state index contributed by atoms with van der Waals surface area (Å²) >= 11 is 0. The van der Waals surface area contributed by atoms with Crippen molar-refractivity contribution < 1.29 is 13.2 Å². The third-order valence-corrected chi connectivity index (χ3v) is 8.29. The Morgan fingerprint density at radius 3 is 2.48 bits per heavy atom. The average Bonchev–Trinajstić information content (AvgIpc) is 3.26. The molecule has 0 aliphatic carbocycles. The van der Waals surface area contributed by atoms with Crippen molar-refractivity contribution in [2.75, 3.05) is 20.2 Å². The van der Waals surface area contributed by atoms with Gasteiger partial charge in [-0.05, 0) is 58.7 Å². The van der Waals surface area contributed by atoms with Gasteiger partial charge in [0.15, 0.2) is 9.84 Å². The molecule has 5 nitrogen and oxygen atoms in total. The van der Waals surface area contributed by atoms with E-state index < -0.39 is 9.84 Å². The largest absolute Gasteiger partial charge is 0.497 e. The zero-order chi connectivity index (χ0) is 20.0. The Bertz CT molecular complexity index is 1140. The first-order valence-corrected chi connectivity index (χ1v) is 11.2. The maximum Gasteiger partial charge on any atom is 0.183 e. The minimum Gasteiger partial charge on any atom is -0.497 e. The average molecular weight is 407 g/mol. The number of nitrogens with zero attached hydrogens (tertiary/aromatic N) is 2. The highest BCUT2D eigenvalue weighted by atomic mass is 32.2. The smallest absolute Gasteiger partial charge is 0.183 e. The molecule has 1 aromatic heterocycles. The predicted octanol–water partition coefficient (Wildman–Crippen LogP) is 3.51. The predicted molar refractivity (Wildman–Crippen MR) is 112 cm³/mol. The van der Waals surface area contributed by atoms with Gasteiger partial charge in [-0.1, -0.05) is 18.2 Å². The van der Waals surface area contributed by atoms with Crippen LogP contribution in [0, 0.1) is 0 Å². The quantitative estimate of drug-likeness (QED) is 0.664. The summed E-state index contributed by atoms with van der Waals surface area (Å²) in [5.41, 5.74) is 4.21. The second kappa shape index (κ2) is 6.97. The molecule has 0 unspecified atom stereocenters. The SMILES string of the molecule is COc1ccc(CN2C[C@@H]3[C@@H](C2)c2cc(-c4ccncc4)ccc2S3(=O)=O)cc1. The molecular weight excluding hydrogens is 384 g/mol. The van der Waals surface area contributed by atoms with Crippen LogP contribution in [-0.2, 0) is 16.4 Å². The number of aromatic nitrogens is 1. The van der Waals surface area contributed by atoms with E-state index in [-0.39, 0.29) is 11.2 Å². The van der Waals surface area contributed by atoms with Gasteiger partial charge in [-0.2, -0.15) is 0 Å². The van der Waals surface area contributed by atoms with Crippen LogP contribution in [0.1, 0.15) is 17.0 Å². The molecule has 29 heavy (non-hydrogen) atoms. The van der Waals surface area contributed by atoms with Crippen molar-refractivity contribution >= 4 is 9.84 Å². The van der Waals surface area contributed by atoms with Gasteiger partial charge < -0.3 is 4.74 Å². The molecule has 0 saturated carbocycles. The summed E-state index contributed by atoms with van der Waals surface area (Å²) < 4.78 is 31.5. The van der Waals surface area contributed by atoms with Crippen molar-refractivity contribution in [3.05, 3.63) is 78.1 Å². The molecule has 1 fully saturated rings. The molecule has 1 saturated heterocycles. The van der Waals surface area contributed by atoms with E-state index in [9.17, 15) is 8.42 Å². The summed E-state index contributed by atoms with van der Waals surface area (Å²) in [5, 5.41) is -0.358. The summed E-state index contributed by atoms with van der Waals surface area (Å²) in [7, 11) is -1.64. The lowest BCUT2D eigenvalue weighted by molar-refractivity contribution is 0.325. The Hall–Kier alpha value is -2.70. The Labute approximate surface area is 170 Å². The lowest BCUT2D eigenvalue weighted by Gasteiger charge is -2.18. The van der Waals surface area contributed by atoms with Gasteiger partial charge in [0.1, 0.15) is 5.75 Å². The number of hydrogen-bond acceptors (Lipinski definition) is 5. The fraction of sp³-hybridized carbons (Fsp3) is 0.261. The van der Waals surface area contributed by atoms with Crippen LogP contribution in [0.15, 0.2) is 71.9 Å². The monoisotopic (exact) mass is 406 g/mol. The second-order valence-corrected chi connectivity index (χ2v) is 9.86. The molecule has 0 spiro atoms. The number of likely N-dealkylation sites (tertiary alicyclic amines) is 1. The molecule has 3 aromatic rings. The Kier molecular flexibility index (Phi) is 4.41. The summed E-state index contributed by atoms with van der Waals surface area (Å²) in [6.45, 7) is 2.06. The van der Waals surface area contributed by atoms with Crippen LogP contribution in [0.25, 0.3) is 11.1 Å². The molecule has 2 aliphatic heterocycles. The first kappa shape index (κ1) is 18.3. The van der Waals surface area contributed by atoms with Gasteiger partial charge in [-0.3, -0.25) is 9.88 Å². The molecule has 0 bridgehead atoms. The first-order valence-electron chi connectivity index (χ1n) is 9.70. The number of hydrogen-bond donors (Lipinski definition) is 0. The van der Waals surface area contributed by atoms with Crippen LogP contribution in [0.4, 0.5) is 0 Å². The Morgan fingerprint density at radius 2 is 1.76 bits per heavy atom. The molecule has 2 aliphatic rings. The maximum absolute atomic E-state index is 13.1. The second-order valence-electron chi connectivity index (χ2n) is 7.72. The molecule has 0 amide bonds. The van der Waals surface area contributed by atoms with Gasteiger partial charge in [-0.25, -0.2) is 8.42 Å². The van der Waals surface area contributed by atoms with E-state index in [4.69, 9.17) is 4.74 Å². The summed E-state index contributed by atoms with van der Waals surface area (Å²) in [6, 6.07) is 17.6.